The van der Waals surface area contributed by atoms with E-state index in [0.717, 1.165) is 38.2 Å². The Morgan fingerprint density at radius 2 is 0.912 bits per heavy atom. The van der Waals surface area contributed by atoms with Crippen LogP contribution in [0.1, 0.15) is 55.7 Å². The van der Waals surface area contributed by atoms with Gasteiger partial charge < -0.3 is 32.7 Å². The van der Waals surface area contributed by atoms with Gasteiger partial charge in [-0.3, -0.25) is 24.0 Å². The Kier molecular flexibility index (Phi) is 15.9. The van der Waals surface area contributed by atoms with E-state index in [-0.39, 0.29) is 37.4 Å². The molecule has 4 atom stereocenters. The summed E-state index contributed by atoms with van der Waals surface area (Å²) in [5.74, 6) is -2.18. The van der Waals surface area contributed by atoms with Crippen LogP contribution >= 0.6 is 0 Å². The normalized spacial score (nSPS) is 13.2. The number of amides is 4. The lowest BCUT2D eigenvalue weighted by Gasteiger charge is -2.27. The van der Waals surface area contributed by atoms with E-state index >= 15 is 0 Å². The zero-order valence-corrected chi connectivity index (χ0v) is 32.5. The SMILES string of the molecule is CC(=O)C(CCCCN)NC(=O)C(Cc1ccccc1)NC(=O)C(Cc1ccc2ccccc2c1)NC(=O)C(Cc1ccc2ccccc2c1)NC(=O)CCCN. The monoisotopic (exact) mass is 770 g/mol. The Morgan fingerprint density at radius 1 is 0.474 bits per heavy atom. The van der Waals surface area contributed by atoms with Gasteiger partial charge in [-0.1, -0.05) is 115 Å². The largest absolute Gasteiger partial charge is 0.345 e. The third-order valence-electron chi connectivity index (χ3n) is 10.1. The predicted molar refractivity (Wildman–Crippen MR) is 225 cm³/mol. The first-order valence-electron chi connectivity index (χ1n) is 19.7. The molecule has 0 heterocycles. The minimum absolute atomic E-state index is 0.0983. The molecule has 8 N–H and O–H groups in total. The number of carbonyl (C=O) groups excluding carboxylic acids is 5. The van der Waals surface area contributed by atoms with Gasteiger partial charge in [-0.25, -0.2) is 0 Å². The Bertz CT molecular complexity index is 2140. The number of fused-ring (bicyclic) bond motifs is 2. The molecule has 0 saturated heterocycles. The fourth-order valence-electron chi connectivity index (χ4n) is 6.90. The second kappa shape index (κ2) is 21.4. The van der Waals surface area contributed by atoms with Crippen LogP contribution in [-0.4, -0.2) is 66.7 Å². The summed E-state index contributed by atoms with van der Waals surface area (Å²) in [5.41, 5.74) is 13.8. The van der Waals surface area contributed by atoms with Crippen LogP contribution in [0.15, 0.2) is 115 Å². The molecule has 11 heteroatoms. The fourth-order valence-corrected chi connectivity index (χ4v) is 6.90. The van der Waals surface area contributed by atoms with Crippen LogP contribution in [0.2, 0.25) is 0 Å². The average molecular weight is 771 g/mol. The van der Waals surface area contributed by atoms with Gasteiger partial charge in [-0.2, -0.15) is 0 Å². The van der Waals surface area contributed by atoms with Gasteiger partial charge >= 0.3 is 0 Å². The molecule has 0 aliphatic rings. The number of ketones is 1. The molecule has 11 nitrogen and oxygen atoms in total. The smallest absolute Gasteiger partial charge is 0.243 e. The standard InChI is InChI=1S/C46H54N6O5/c1-31(53)39(18-9-10-24-47)50-45(56)41(28-32-12-3-2-4-13-32)51-46(57)42(30-34-21-23-36-15-6-8-17-38(36)27-34)52-44(55)40(49-43(54)19-11-25-48)29-33-20-22-35-14-5-7-16-37(35)26-33/h2-8,12-17,20-23,26-27,39-42H,9-11,18-19,24-25,28-30,47-48H2,1H3,(H,49,54)(H,50,56)(H,51,57)(H,52,55). The van der Waals surface area contributed by atoms with Crippen molar-refractivity contribution in [3.05, 3.63) is 132 Å². The summed E-state index contributed by atoms with van der Waals surface area (Å²) < 4.78 is 0. The zero-order valence-electron chi connectivity index (χ0n) is 32.5. The molecule has 298 valence electrons. The highest BCUT2D eigenvalue weighted by atomic mass is 16.2. The average Bonchev–Trinajstić information content (AvgIpc) is 3.22. The van der Waals surface area contributed by atoms with E-state index in [1.54, 1.807) is 0 Å². The number of carbonyl (C=O) groups is 5. The zero-order chi connectivity index (χ0) is 40.6. The van der Waals surface area contributed by atoms with Crippen LogP contribution in [0.3, 0.4) is 0 Å². The lowest BCUT2D eigenvalue weighted by Crippen LogP contribution is -2.59. The Labute approximate surface area is 334 Å². The van der Waals surface area contributed by atoms with E-state index in [1.807, 2.05) is 115 Å². The van der Waals surface area contributed by atoms with Gasteiger partial charge in [-0.05, 0) is 83.9 Å². The van der Waals surface area contributed by atoms with E-state index in [4.69, 9.17) is 11.5 Å². The van der Waals surface area contributed by atoms with Crippen molar-refractivity contribution in [2.24, 2.45) is 11.5 Å². The molecule has 5 aromatic carbocycles. The van der Waals surface area contributed by atoms with Crippen molar-refractivity contribution in [1.29, 1.82) is 0 Å². The lowest BCUT2D eigenvalue weighted by atomic mass is 9.98. The van der Waals surface area contributed by atoms with Crippen molar-refractivity contribution in [3.8, 4) is 0 Å². The fraction of sp³-hybridized carbons (Fsp3) is 0.326. The van der Waals surface area contributed by atoms with E-state index in [9.17, 15) is 24.0 Å². The molecule has 0 radical (unpaired) electrons. The summed E-state index contributed by atoms with van der Waals surface area (Å²) in [5, 5.41) is 15.6. The van der Waals surface area contributed by atoms with E-state index in [1.165, 1.54) is 6.92 Å². The molecule has 0 bridgehead atoms. The summed E-state index contributed by atoms with van der Waals surface area (Å²) in [6, 6.07) is 32.7. The first kappa shape index (κ1) is 42.2. The summed E-state index contributed by atoms with van der Waals surface area (Å²) in [4.78, 5) is 68.4. The predicted octanol–water partition coefficient (Wildman–Crippen LogP) is 4.42. The minimum atomic E-state index is -1.14. The highest BCUT2D eigenvalue weighted by Crippen LogP contribution is 2.19. The first-order valence-corrected chi connectivity index (χ1v) is 19.7. The number of rotatable bonds is 21. The second-order valence-corrected chi connectivity index (χ2v) is 14.6. The molecule has 0 saturated carbocycles. The third kappa shape index (κ3) is 12.8. The number of hydrogen-bond acceptors (Lipinski definition) is 7. The maximum Gasteiger partial charge on any atom is 0.243 e. The molecule has 0 fully saturated rings. The van der Waals surface area contributed by atoms with Crippen LogP contribution in [0.25, 0.3) is 21.5 Å². The van der Waals surface area contributed by atoms with Gasteiger partial charge in [0.15, 0.2) is 5.78 Å². The highest BCUT2D eigenvalue weighted by Gasteiger charge is 2.31. The summed E-state index contributed by atoms with van der Waals surface area (Å²) in [6.45, 7) is 2.22. The quantitative estimate of drug-likeness (QED) is 0.0597. The number of unbranched alkanes of at least 4 members (excludes halogenated alkanes) is 1. The van der Waals surface area contributed by atoms with Gasteiger partial charge in [0.05, 0.1) is 6.04 Å². The van der Waals surface area contributed by atoms with E-state index in [2.05, 4.69) is 21.3 Å². The topological polar surface area (TPSA) is 186 Å². The molecule has 4 unspecified atom stereocenters. The van der Waals surface area contributed by atoms with Gasteiger partial charge in [0.25, 0.3) is 0 Å². The second-order valence-electron chi connectivity index (χ2n) is 14.6. The maximum absolute atomic E-state index is 14.5. The molecule has 0 aliphatic heterocycles. The Balaban J connectivity index is 1.45. The summed E-state index contributed by atoms with van der Waals surface area (Å²) >= 11 is 0. The van der Waals surface area contributed by atoms with Crippen molar-refractivity contribution >= 4 is 51.0 Å². The van der Waals surface area contributed by atoms with Crippen molar-refractivity contribution in [2.45, 2.75) is 82.5 Å². The van der Waals surface area contributed by atoms with Gasteiger partial charge in [0.1, 0.15) is 18.1 Å². The van der Waals surface area contributed by atoms with Crippen LogP contribution in [0.4, 0.5) is 0 Å². The molecule has 57 heavy (non-hydrogen) atoms. The Hall–Kier alpha value is -5.91. The van der Waals surface area contributed by atoms with Crippen molar-refractivity contribution in [2.75, 3.05) is 13.1 Å². The molecule has 4 amide bonds. The van der Waals surface area contributed by atoms with Gasteiger partial charge in [-0.15, -0.1) is 0 Å². The molecular formula is C46H54N6O5. The number of nitrogens with two attached hydrogens (primary N) is 2. The van der Waals surface area contributed by atoms with Crippen LogP contribution in [0, 0.1) is 0 Å². The number of hydrogen-bond donors (Lipinski definition) is 6. The number of Topliss-reactive ketones (excluding diaryl/α,β-unsaturated/α-hetero) is 1. The minimum Gasteiger partial charge on any atom is -0.345 e. The van der Waals surface area contributed by atoms with E-state index in [0.29, 0.717) is 38.8 Å². The molecule has 5 rings (SSSR count). The molecule has 0 aromatic heterocycles. The van der Waals surface area contributed by atoms with Crippen molar-refractivity contribution in [3.63, 3.8) is 0 Å². The number of benzene rings is 5. The van der Waals surface area contributed by atoms with Crippen molar-refractivity contribution < 1.29 is 24.0 Å². The van der Waals surface area contributed by atoms with Crippen LogP contribution in [-0.2, 0) is 43.2 Å². The van der Waals surface area contributed by atoms with Crippen LogP contribution in [0.5, 0.6) is 0 Å². The molecular weight excluding hydrogens is 717 g/mol. The Morgan fingerprint density at radius 3 is 1.40 bits per heavy atom. The molecule has 0 aliphatic carbocycles. The summed E-state index contributed by atoms with van der Waals surface area (Å²) in [6.07, 6.45) is 2.78. The van der Waals surface area contributed by atoms with Gasteiger partial charge in [0, 0.05) is 25.7 Å². The molecule has 0 spiro atoms. The third-order valence-corrected chi connectivity index (χ3v) is 10.1. The van der Waals surface area contributed by atoms with Crippen LogP contribution < -0.4 is 32.7 Å². The first-order chi connectivity index (χ1) is 27.6. The van der Waals surface area contributed by atoms with E-state index < -0.39 is 41.9 Å². The summed E-state index contributed by atoms with van der Waals surface area (Å²) in [7, 11) is 0. The van der Waals surface area contributed by atoms with Crippen molar-refractivity contribution in [1.82, 2.24) is 21.3 Å². The molecule has 5 aromatic rings. The number of nitrogens with one attached hydrogen (secondary N) is 4. The maximum atomic E-state index is 14.5. The van der Waals surface area contributed by atoms with Gasteiger partial charge in [0.2, 0.25) is 23.6 Å². The highest BCUT2D eigenvalue weighted by molar-refractivity contribution is 5.96. The lowest BCUT2D eigenvalue weighted by molar-refractivity contribution is -0.134.